The van der Waals surface area contributed by atoms with Crippen molar-refractivity contribution in [2.45, 2.75) is 53.4 Å². The molecule has 1 aromatic heterocycles. The van der Waals surface area contributed by atoms with Gasteiger partial charge >= 0.3 is 0 Å². The number of nitrogens with zero attached hydrogens (tertiary/aromatic N) is 1. The van der Waals surface area contributed by atoms with Crippen molar-refractivity contribution in [1.82, 2.24) is 9.78 Å². The summed E-state index contributed by atoms with van der Waals surface area (Å²) in [6.07, 6.45) is 0.890. The molecule has 2 aromatic rings. The molecule has 0 saturated carbocycles. The molecule has 0 fully saturated rings. The van der Waals surface area contributed by atoms with Gasteiger partial charge in [0.2, 0.25) is 0 Å². The highest BCUT2D eigenvalue weighted by molar-refractivity contribution is 5.37. The third kappa shape index (κ3) is 3.29. The molecule has 0 aliphatic rings. The summed E-state index contributed by atoms with van der Waals surface area (Å²) in [5.41, 5.74) is 3.96. The Kier molecular flexibility index (Phi) is 4.13. The van der Waals surface area contributed by atoms with E-state index in [2.05, 4.69) is 39.7 Å². The van der Waals surface area contributed by atoms with Crippen LogP contribution in [-0.2, 0) is 11.8 Å². The van der Waals surface area contributed by atoms with Crippen LogP contribution in [0.5, 0.6) is 0 Å². The lowest BCUT2D eigenvalue weighted by molar-refractivity contribution is 0.561. The Morgan fingerprint density at radius 3 is 2.19 bits per heavy atom. The highest BCUT2D eigenvalue weighted by atomic mass is 16.1. The van der Waals surface area contributed by atoms with E-state index in [1.807, 2.05) is 31.2 Å². The molecule has 0 aliphatic heterocycles. The molecule has 0 saturated heterocycles. The maximum absolute atomic E-state index is 12.8. The maximum Gasteiger partial charge on any atom is 0.275 e. The van der Waals surface area contributed by atoms with E-state index >= 15 is 0 Å². The first kappa shape index (κ1) is 15.6. The number of hydrogen-bond donors (Lipinski definition) is 1. The molecule has 1 heterocycles. The normalized spacial score (nSPS) is 12.1. The minimum absolute atomic E-state index is 0.0713. The first-order chi connectivity index (χ1) is 9.70. The summed E-state index contributed by atoms with van der Waals surface area (Å²) < 4.78 is 1.68. The second-order valence-corrected chi connectivity index (χ2v) is 7.29. The molecule has 3 heteroatoms. The van der Waals surface area contributed by atoms with Gasteiger partial charge in [0.15, 0.2) is 0 Å². The highest BCUT2D eigenvalue weighted by Gasteiger charge is 2.26. The second kappa shape index (κ2) is 5.55. The van der Waals surface area contributed by atoms with Gasteiger partial charge < -0.3 is 0 Å². The standard InChI is InChI=1S/C18H26N2O/c1-12(2)11-15-16(18(4,5)6)17(21)20(19-15)14-9-7-13(3)8-10-14/h7-10,12,19H,11H2,1-6H3. The lowest BCUT2D eigenvalue weighted by Gasteiger charge is -2.18. The van der Waals surface area contributed by atoms with Crippen LogP contribution in [0.4, 0.5) is 0 Å². The fourth-order valence-corrected chi connectivity index (χ4v) is 2.69. The second-order valence-electron chi connectivity index (χ2n) is 7.29. The largest absolute Gasteiger partial charge is 0.295 e. The van der Waals surface area contributed by atoms with E-state index in [0.29, 0.717) is 5.92 Å². The van der Waals surface area contributed by atoms with Crippen LogP contribution in [0.25, 0.3) is 5.69 Å². The van der Waals surface area contributed by atoms with Crippen LogP contribution < -0.4 is 5.56 Å². The van der Waals surface area contributed by atoms with Gasteiger partial charge in [-0.25, -0.2) is 4.68 Å². The molecule has 3 nitrogen and oxygen atoms in total. The van der Waals surface area contributed by atoms with Crippen LogP contribution >= 0.6 is 0 Å². The van der Waals surface area contributed by atoms with Gasteiger partial charge in [0.25, 0.3) is 5.56 Å². The van der Waals surface area contributed by atoms with Gasteiger partial charge in [0.1, 0.15) is 0 Å². The average molecular weight is 286 g/mol. The molecule has 0 aliphatic carbocycles. The molecular formula is C18H26N2O. The van der Waals surface area contributed by atoms with Crippen molar-refractivity contribution in [2.24, 2.45) is 5.92 Å². The average Bonchev–Trinajstić information content (AvgIpc) is 2.66. The van der Waals surface area contributed by atoms with E-state index in [-0.39, 0.29) is 11.0 Å². The van der Waals surface area contributed by atoms with Gasteiger partial charge in [-0.15, -0.1) is 0 Å². The molecular weight excluding hydrogens is 260 g/mol. The quantitative estimate of drug-likeness (QED) is 0.911. The molecule has 2 rings (SSSR count). The van der Waals surface area contributed by atoms with Crippen molar-refractivity contribution in [3.8, 4) is 5.69 Å². The predicted molar refractivity (Wildman–Crippen MR) is 88.4 cm³/mol. The van der Waals surface area contributed by atoms with Crippen molar-refractivity contribution in [3.63, 3.8) is 0 Å². The highest BCUT2D eigenvalue weighted by Crippen LogP contribution is 2.24. The van der Waals surface area contributed by atoms with Crippen molar-refractivity contribution < 1.29 is 0 Å². The minimum atomic E-state index is -0.159. The number of H-pyrrole nitrogens is 1. The maximum atomic E-state index is 12.8. The SMILES string of the molecule is Cc1ccc(-n2[nH]c(CC(C)C)c(C(C)(C)C)c2=O)cc1. The molecule has 0 bridgehead atoms. The Labute approximate surface area is 127 Å². The van der Waals surface area contributed by atoms with Crippen LogP contribution in [0.3, 0.4) is 0 Å². The summed E-state index contributed by atoms with van der Waals surface area (Å²) >= 11 is 0. The molecule has 114 valence electrons. The lowest BCUT2D eigenvalue weighted by atomic mass is 9.85. The van der Waals surface area contributed by atoms with E-state index < -0.39 is 0 Å². The third-order valence-corrected chi connectivity index (χ3v) is 3.62. The lowest BCUT2D eigenvalue weighted by Crippen LogP contribution is -2.25. The topological polar surface area (TPSA) is 37.8 Å². The molecule has 21 heavy (non-hydrogen) atoms. The fourth-order valence-electron chi connectivity index (χ4n) is 2.69. The van der Waals surface area contributed by atoms with E-state index in [9.17, 15) is 4.79 Å². The minimum Gasteiger partial charge on any atom is -0.295 e. The first-order valence-corrected chi connectivity index (χ1v) is 7.61. The predicted octanol–water partition coefficient (Wildman–Crippen LogP) is 3.97. The van der Waals surface area contributed by atoms with Gasteiger partial charge in [-0.3, -0.25) is 9.89 Å². The van der Waals surface area contributed by atoms with Gasteiger partial charge in [-0.05, 0) is 36.8 Å². The number of hydrogen-bond acceptors (Lipinski definition) is 1. The van der Waals surface area contributed by atoms with Crippen molar-refractivity contribution in [2.75, 3.05) is 0 Å². The Bertz CT molecular complexity index is 667. The molecule has 1 N–H and O–H groups in total. The monoisotopic (exact) mass is 286 g/mol. The smallest absolute Gasteiger partial charge is 0.275 e. The Hall–Kier alpha value is -1.77. The van der Waals surface area contributed by atoms with E-state index in [0.717, 1.165) is 23.4 Å². The number of benzene rings is 1. The Morgan fingerprint density at radius 2 is 1.71 bits per heavy atom. The molecule has 0 unspecified atom stereocenters. The summed E-state index contributed by atoms with van der Waals surface area (Å²) in [4.78, 5) is 12.8. The fraction of sp³-hybridized carbons (Fsp3) is 0.500. The van der Waals surface area contributed by atoms with Crippen LogP contribution in [-0.4, -0.2) is 9.78 Å². The van der Waals surface area contributed by atoms with Gasteiger partial charge in [0.05, 0.1) is 5.69 Å². The number of aromatic nitrogens is 2. The molecule has 1 aromatic carbocycles. The Balaban J connectivity index is 2.61. The zero-order valence-electron chi connectivity index (χ0n) is 13.9. The summed E-state index contributed by atoms with van der Waals surface area (Å²) in [5, 5.41) is 3.33. The molecule has 0 atom stereocenters. The zero-order chi connectivity index (χ0) is 15.8. The zero-order valence-corrected chi connectivity index (χ0v) is 13.9. The third-order valence-electron chi connectivity index (χ3n) is 3.62. The van der Waals surface area contributed by atoms with Crippen LogP contribution in [0.2, 0.25) is 0 Å². The summed E-state index contributed by atoms with van der Waals surface area (Å²) in [7, 11) is 0. The van der Waals surface area contributed by atoms with Crippen molar-refractivity contribution in [1.29, 1.82) is 0 Å². The van der Waals surface area contributed by atoms with E-state index in [4.69, 9.17) is 0 Å². The van der Waals surface area contributed by atoms with Gasteiger partial charge in [0, 0.05) is 11.3 Å². The van der Waals surface area contributed by atoms with Crippen LogP contribution in [0.1, 0.15) is 51.4 Å². The number of rotatable bonds is 3. The molecule has 0 spiro atoms. The van der Waals surface area contributed by atoms with Crippen molar-refractivity contribution in [3.05, 3.63) is 51.4 Å². The summed E-state index contributed by atoms with van der Waals surface area (Å²) in [5.74, 6) is 0.510. The van der Waals surface area contributed by atoms with Gasteiger partial charge in [-0.2, -0.15) is 0 Å². The van der Waals surface area contributed by atoms with E-state index in [1.54, 1.807) is 4.68 Å². The summed E-state index contributed by atoms with van der Waals surface area (Å²) in [6.45, 7) is 12.7. The first-order valence-electron chi connectivity index (χ1n) is 7.61. The van der Waals surface area contributed by atoms with Crippen LogP contribution in [0, 0.1) is 12.8 Å². The Morgan fingerprint density at radius 1 is 1.14 bits per heavy atom. The summed E-state index contributed by atoms with van der Waals surface area (Å²) in [6, 6.07) is 8.03. The molecule has 0 amide bonds. The van der Waals surface area contributed by atoms with E-state index in [1.165, 1.54) is 5.56 Å². The number of aryl methyl sites for hydroxylation is 1. The number of aromatic amines is 1. The molecule has 0 radical (unpaired) electrons. The van der Waals surface area contributed by atoms with Crippen molar-refractivity contribution >= 4 is 0 Å². The van der Waals surface area contributed by atoms with Gasteiger partial charge in [-0.1, -0.05) is 52.3 Å². The number of nitrogens with one attached hydrogen (secondary N) is 1. The van der Waals surface area contributed by atoms with Crippen LogP contribution in [0.15, 0.2) is 29.1 Å².